The van der Waals surface area contributed by atoms with Gasteiger partial charge in [-0.15, -0.1) is 0 Å². The van der Waals surface area contributed by atoms with E-state index in [1.165, 1.54) is 0 Å². The van der Waals surface area contributed by atoms with Crippen LogP contribution >= 0.6 is 0 Å². The van der Waals surface area contributed by atoms with E-state index in [9.17, 15) is 19.2 Å². The fraction of sp³-hybridized carbons (Fsp3) is 0.312. The molecular weight excluding hydrogens is 334 g/mol. The smallest absolute Gasteiger partial charge is 0.348 e. The average Bonchev–Trinajstić information content (AvgIpc) is 2.65. The van der Waals surface area contributed by atoms with Crippen molar-refractivity contribution in [1.82, 2.24) is 0 Å². The molecule has 0 unspecified atom stereocenters. The Kier molecular flexibility index (Phi) is 9.86. The lowest BCUT2D eigenvalue weighted by atomic mass is 9.92. The van der Waals surface area contributed by atoms with Gasteiger partial charge in [-0.3, -0.25) is 0 Å². The molecule has 0 aliphatic carbocycles. The maximum absolute atomic E-state index is 11.3. The summed E-state index contributed by atoms with van der Waals surface area (Å²) in [7, 11) is 0. The third-order valence-corrected chi connectivity index (χ3v) is 2.70. The van der Waals surface area contributed by atoms with Crippen LogP contribution < -0.4 is 0 Å². The van der Waals surface area contributed by atoms with Crippen LogP contribution in [0.4, 0.5) is 0 Å². The van der Waals surface area contributed by atoms with Crippen LogP contribution in [-0.4, -0.2) is 56.5 Å². The molecule has 0 bridgehead atoms. The number of nitrogens with one attached hydrogen (secondary N) is 1. The van der Waals surface area contributed by atoms with Crippen LogP contribution in [0, 0.1) is 10.8 Å². The van der Waals surface area contributed by atoms with E-state index in [0.717, 1.165) is 18.2 Å². The number of ether oxygens (including phenoxy) is 4. The van der Waals surface area contributed by atoms with Gasteiger partial charge in [0, 0.05) is 18.2 Å². The Morgan fingerprint density at radius 1 is 0.680 bits per heavy atom. The Bertz CT molecular complexity index is 465. The van der Waals surface area contributed by atoms with Gasteiger partial charge in [-0.1, -0.05) is 19.7 Å². The van der Waals surface area contributed by atoms with E-state index in [2.05, 4.69) is 19.7 Å². The molecule has 0 aromatic rings. The normalized spacial score (nSPS) is 9.92. The highest BCUT2D eigenvalue weighted by Crippen LogP contribution is 2.21. The van der Waals surface area contributed by atoms with E-state index >= 15 is 0 Å². The minimum absolute atomic E-state index is 0.419. The van der Waals surface area contributed by atoms with Gasteiger partial charge in [-0.2, -0.15) is 0 Å². The van der Waals surface area contributed by atoms with Crippen LogP contribution in [0.5, 0.6) is 0 Å². The summed E-state index contributed by atoms with van der Waals surface area (Å²) in [6.45, 7) is 8.00. The number of carbonyl (C=O) groups excluding carboxylic acids is 4. The Morgan fingerprint density at radius 2 is 0.960 bits per heavy atom. The number of carbonyl (C=O) groups is 4. The third kappa shape index (κ3) is 8.84. The molecule has 0 aliphatic heterocycles. The number of rotatable bonds is 12. The van der Waals surface area contributed by atoms with Gasteiger partial charge in [0.2, 0.25) is 0 Å². The van der Waals surface area contributed by atoms with Crippen molar-refractivity contribution in [2.75, 3.05) is 26.4 Å². The molecular formula is C16H19NO8. The lowest BCUT2D eigenvalue weighted by Gasteiger charge is -2.30. The van der Waals surface area contributed by atoms with Crippen molar-refractivity contribution in [2.45, 2.75) is 0 Å². The van der Waals surface area contributed by atoms with Crippen molar-refractivity contribution in [3.05, 3.63) is 38.0 Å². The molecule has 9 nitrogen and oxygen atoms in total. The van der Waals surface area contributed by atoms with Crippen LogP contribution in [-0.2, 0) is 38.1 Å². The van der Waals surface area contributed by atoms with Crippen LogP contribution in [0.25, 0.3) is 0 Å². The molecule has 0 aliphatic rings. The van der Waals surface area contributed by atoms with E-state index in [1.54, 1.807) is 0 Å². The fourth-order valence-corrected chi connectivity index (χ4v) is 1.37. The second kappa shape index (κ2) is 11.3. The summed E-state index contributed by atoms with van der Waals surface area (Å²) in [4.78, 5) is 45.1. The van der Waals surface area contributed by atoms with Crippen molar-refractivity contribution >= 4 is 30.1 Å². The van der Waals surface area contributed by atoms with Gasteiger partial charge >= 0.3 is 23.9 Å². The van der Waals surface area contributed by atoms with Gasteiger partial charge in [-0.05, 0) is 0 Å². The first-order chi connectivity index (χ1) is 11.8. The maximum Gasteiger partial charge on any atom is 0.348 e. The molecule has 0 radical (unpaired) electrons. The molecule has 0 spiro atoms. The highest BCUT2D eigenvalue weighted by atomic mass is 16.6. The standard InChI is InChI=1S/C16H19NO8/c1-4-12(18)22-8-16(9-23-13(19)5-2,10-24-14(20)6-3)11-25-15(21)7-17/h4-7,17H,1-3,8-11H2. The van der Waals surface area contributed by atoms with Gasteiger partial charge in [0.25, 0.3) is 0 Å². The lowest BCUT2D eigenvalue weighted by Crippen LogP contribution is -2.43. The zero-order valence-electron chi connectivity index (χ0n) is 13.5. The molecule has 1 N–H and O–H groups in total. The molecule has 0 heterocycles. The van der Waals surface area contributed by atoms with Gasteiger partial charge in [-0.25, -0.2) is 19.2 Å². The average molecular weight is 353 g/mol. The van der Waals surface area contributed by atoms with Crippen LogP contribution in [0.2, 0.25) is 0 Å². The summed E-state index contributed by atoms with van der Waals surface area (Å²) in [5.74, 6) is -3.34. The molecule has 0 aromatic heterocycles. The molecule has 0 saturated carbocycles. The molecule has 0 saturated heterocycles. The molecule has 0 aromatic carbocycles. The minimum Gasteiger partial charge on any atom is -0.462 e. The highest BCUT2D eigenvalue weighted by Gasteiger charge is 2.37. The largest absolute Gasteiger partial charge is 0.462 e. The zero-order chi connectivity index (χ0) is 19.3. The second-order valence-electron chi connectivity index (χ2n) is 4.69. The Balaban J connectivity index is 5.36. The van der Waals surface area contributed by atoms with Crippen molar-refractivity contribution in [2.24, 2.45) is 5.41 Å². The summed E-state index contributed by atoms with van der Waals surface area (Å²) in [5.41, 5.74) is -1.39. The first-order valence-electron chi connectivity index (χ1n) is 6.87. The van der Waals surface area contributed by atoms with E-state index in [-0.39, 0.29) is 0 Å². The van der Waals surface area contributed by atoms with Crippen LogP contribution in [0.3, 0.4) is 0 Å². The Labute approximate surface area is 144 Å². The molecule has 0 atom stereocenters. The number of hydrogen-bond donors (Lipinski definition) is 1. The van der Waals surface area contributed by atoms with Crippen molar-refractivity contribution in [3.8, 4) is 0 Å². The van der Waals surface area contributed by atoms with Crippen LogP contribution in [0.15, 0.2) is 38.0 Å². The van der Waals surface area contributed by atoms with Gasteiger partial charge < -0.3 is 24.4 Å². The van der Waals surface area contributed by atoms with Crippen LogP contribution in [0.1, 0.15) is 0 Å². The summed E-state index contributed by atoms with van der Waals surface area (Å²) in [6.07, 6.45) is 3.13. The van der Waals surface area contributed by atoms with E-state index in [4.69, 9.17) is 24.4 Å². The SMILES string of the molecule is C=CC(=O)OCC(COC(=O)C=C)(COC(=O)C=C)COC(=O)C=N. The lowest BCUT2D eigenvalue weighted by molar-refractivity contribution is -0.163. The Hall–Kier alpha value is -3.23. The first-order valence-corrected chi connectivity index (χ1v) is 6.87. The molecule has 0 fully saturated rings. The van der Waals surface area contributed by atoms with Gasteiger partial charge in [0.1, 0.15) is 38.1 Å². The van der Waals surface area contributed by atoms with E-state index in [1.807, 2.05) is 0 Å². The summed E-state index contributed by atoms with van der Waals surface area (Å²) in [5, 5.41) is 6.82. The zero-order valence-corrected chi connectivity index (χ0v) is 13.5. The summed E-state index contributed by atoms with van der Waals surface area (Å²) in [6, 6.07) is 0. The number of esters is 4. The molecule has 25 heavy (non-hydrogen) atoms. The topological polar surface area (TPSA) is 129 Å². The number of hydrogen-bond acceptors (Lipinski definition) is 9. The Morgan fingerprint density at radius 3 is 1.20 bits per heavy atom. The van der Waals surface area contributed by atoms with E-state index in [0.29, 0.717) is 6.21 Å². The maximum atomic E-state index is 11.3. The fourth-order valence-electron chi connectivity index (χ4n) is 1.37. The van der Waals surface area contributed by atoms with Crippen molar-refractivity contribution in [3.63, 3.8) is 0 Å². The first kappa shape index (κ1) is 21.8. The van der Waals surface area contributed by atoms with Gasteiger partial charge in [0.15, 0.2) is 0 Å². The molecule has 136 valence electrons. The monoisotopic (exact) mass is 353 g/mol. The third-order valence-electron chi connectivity index (χ3n) is 2.70. The highest BCUT2D eigenvalue weighted by molar-refractivity contribution is 6.21. The van der Waals surface area contributed by atoms with Crippen molar-refractivity contribution in [1.29, 1.82) is 5.41 Å². The molecule has 0 rings (SSSR count). The predicted molar refractivity (Wildman–Crippen MR) is 85.6 cm³/mol. The summed E-state index contributed by atoms with van der Waals surface area (Å²) >= 11 is 0. The van der Waals surface area contributed by atoms with E-state index < -0.39 is 55.7 Å². The predicted octanol–water partition coefficient (Wildman–Crippen LogP) is 0.353. The van der Waals surface area contributed by atoms with Gasteiger partial charge in [0.05, 0.1) is 0 Å². The quantitative estimate of drug-likeness (QED) is 0.230. The summed E-state index contributed by atoms with van der Waals surface area (Å²) < 4.78 is 19.6. The second-order valence-corrected chi connectivity index (χ2v) is 4.69. The van der Waals surface area contributed by atoms with Crippen molar-refractivity contribution < 1.29 is 38.1 Å². The molecule has 0 amide bonds. The molecule has 9 heteroatoms. The minimum atomic E-state index is -1.39.